The molecule has 0 radical (unpaired) electrons. The van der Waals surface area contributed by atoms with Crippen LogP contribution in [-0.4, -0.2) is 30.6 Å². The predicted octanol–water partition coefficient (Wildman–Crippen LogP) is 3.41. The van der Waals surface area contributed by atoms with E-state index in [0.717, 1.165) is 36.8 Å². The molecule has 0 atom stereocenters. The van der Waals surface area contributed by atoms with Crippen LogP contribution in [0.3, 0.4) is 0 Å². The van der Waals surface area contributed by atoms with Gasteiger partial charge in [0.05, 0.1) is 0 Å². The summed E-state index contributed by atoms with van der Waals surface area (Å²) in [5.41, 5.74) is 2.80. The van der Waals surface area contributed by atoms with Gasteiger partial charge in [-0.1, -0.05) is 25.5 Å². The fourth-order valence-electron chi connectivity index (χ4n) is 2.18. The minimum Gasteiger partial charge on any atom is -0.381 e. The van der Waals surface area contributed by atoms with E-state index in [1.54, 1.807) is 0 Å². The highest BCUT2D eigenvalue weighted by atomic mass is 16.5. The van der Waals surface area contributed by atoms with Crippen LogP contribution in [0.2, 0.25) is 0 Å². The molecule has 1 aromatic heterocycles. The van der Waals surface area contributed by atoms with Crippen molar-refractivity contribution in [3.63, 3.8) is 0 Å². The lowest BCUT2D eigenvalue weighted by Crippen LogP contribution is -2.25. The van der Waals surface area contributed by atoms with Crippen molar-refractivity contribution >= 4 is 16.8 Å². The normalized spacial score (nSPS) is 11.0. The van der Waals surface area contributed by atoms with Crippen molar-refractivity contribution < 1.29 is 9.53 Å². The first-order chi connectivity index (χ1) is 10.2. The van der Waals surface area contributed by atoms with Crippen molar-refractivity contribution in [3.8, 4) is 0 Å². The number of nitrogens with one attached hydrogen (secondary N) is 2. The number of unbranched alkanes of at least 4 members (excludes halogenated alkanes) is 1. The van der Waals surface area contributed by atoms with E-state index in [9.17, 15) is 4.79 Å². The van der Waals surface area contributed by atoms with E-state index in [1.807, 2.05) is 31.2 Å². The van der Waals surface area contributed by atoms with E-state index in [1.165, 1.54) is 5.56 Å². The molecule has 4 nitrogen and oxygen atoms in total. The Kier molecular flexibility index (Phi) is 5.81. The molecule has 2 aromatic rings. The molecule has 21 heavy (non-hydrogen) atoms. The number of hydrogen-bond acceptors (Lipinski definition) is 2. The van der Waals surface area contributed by atoms with Crippen molar-refractivity contribution in [3.05, 3.63) is 35.5 Å². The van der Waals surface area contributed by atoms with Crippen molar-refractivity contribution in [1.29, 1.82) is 0 Å². The van der Waals surface area contributed by atoms with Gasteiger partial charge in [0.15, 0.2) is 0 Å². The molecule has 0 saturated carbocycles. The van der Waals surface area contributed by atoms with Gasteiger partial charge in [-0.15, -0.1) is 0 Å². The molecule has 0 unspecified atom stereocenters. The van der Waals surface area contributed by atoms with Crippen LogP contribution in [0, 0.1) is 6.92 Å². The molecule has 4 heteroatoms. The van der Waals surface area contributed by atoms with Gasteiger partial charge in [0.25, 0.3) is 5.91 Å². The van der Waals surface area contributed by atoms with Gasteiger partial charge >= 0.3 is 0 Å². The third-order valence-electron chi connectivity index (χ3n) is 3.42. The second kappa shape index (κ2) is 7.84. The first-order valence-corrected chi connectivity index (χ1v) is 7.66. The number of H-pyrrole nitrogens is 1. The molecule has 2 N–H and O–H groups in total. The number of carbonyl (C=O) groups excluding carboxylic acids is 1. The molecule has 114 valence electrons. The zero-order chi connectivity index (χ0) is 15.1. The Balaban J connectivity index is 1.77. The van der Waals surface area contributed by atoms with Crippen LogP contribution in [0.15, 0.2) is 24.3 Å². The van der Waals surface area contributed by atoms with Gasteiger partial charge in [-0.05, 0) is 37.5 Å². The smallest absolute Gasteiger partial charge is 0.267 e. The van der Waals surface area contributed by atoms with E-state index in [0.29, 0.717) is 18.8 Å². The van der Waals surface area contributed by atoms with E-state index < -0.39 is 0 Å². The lowest BCUT2D eigenvalue weighted by atomic mass is 10.2. The maximum absolute atomic E-state index is 12.1. The summed E-state index contributed by atoms with van der Waals surface area (Å²) < 4.78 is 5.46. The Morgan fingerprint density at radius 3 is 2.86 bits per heavy atom. The highest BCUT2D eigenvalue weighted by molar-refractivity contribution is 5.98. The summed E-state index contributed by atoms with van der Waals surface area (Å²) >= 11 is 0. The van der Waals surface area contributed by atoms with Crippen LogP contribution in [0.5, 0.6) is 0 Å². The summed E-state index contributed by atoms with van der Waals surface area (Å²) in [5, 5.41) is 3.98. The second-order valence-corrected chi connectivity index (χ2v) is 5.35. The molecule has 0 bridgehead atoms. The Morgan fingerprint density at radius 1 is 1.24 bits per heavy atom. The fourth-order valence-corrected chi connectivity index (χ4v) is 2.18. The molecule has 1 heterocycles. The van der Waals surface area contributed by atoms with Crippen LogP contribution in [-0.2, 0) is 4.74 Å². The van der Waals surface area contributed by atoms with Crippen LogP contribution < -0.4 is 5.32 Å². The number of aryl methyl sites for hydroxylation is 1. The average molecular weight is 288 g/mol. The minimum atomic E-state index is -0.0580. The number of aromatic amines is 1. The number of fused-ring (bicyclic) bond motifs is 1. The highest BCUT2D eigenvalue weighted by Crippen LogP contribution is 2.16. The highest BCUT2D eigenvalue weighted by Gasteiger charge is 2.08. The van der Waals surface area contributed by atoms with Crippen LogP contribution in [0.25, 0.3) is 10.9 Å². The van der Waals surface area contributed by atoms with Crippen molar-refractivity contribution in [2.45, 2.75) is 33.1 Å². The monoisotopic (exact) mass is 288 g/mol. The maximum Gasteiger partial charge on any atom is 0.267 e. The van der Waals surface area contributed by atoms with Gasteiger partial charge in [-0.3, -0.25) is 4.79 Å². The zero-order valence-electron chi connectivity index (χ0n) is 12.9. The maximum atomic E-state index is 12.1. The van der Waals surface area contributed by atoms with Crippen LogP contribution >= 0.6 is 0 Å². The third-order valence-corrected chi connectivity index (χ3v) is 3.42. The summed E-state index contributed by atoms with van der Waals surface area (Å²) in [4.78, 5) is 15.2. The molecule has 2 rings (SSSR count). The molecule has 0 spiro atoms. The summed E-state index contributed by atoms with van der Waals surface area (Å²) in [5.74, 6) is -0.0580. The molecule has 0 aliphatic carbocycles. The number of amides is 1. The number of aromatic nitrogens is 1. The van der Waals surface area contributed by atoms with Crippen molar-refractivity contribution in [2.75, 3.05) is 19.8 Å². The average Bonchev–Trinajstić information content (AvgIpc) is 2.89. The fraction of sp³-hybridized carbons (Fsp3) is 0.471. The number of ether oxygens (including phenoxy) is 1. The summed E-state index contributed by atoms with van der Waals surface area (Å²) in [6.07, 6.45) is 3.09. The zero-order valence-corrected chi connectivity index (χ0v) is 12.9. The SMILES string of the molecule is CCCCOCCCNC(=O)c1cc2ccc(C)cc2[nH]1. The summed E-state index contributed by atoms with van der Waals surface area (Å²) in [7, 11) is 0. The first kappa shape index (κ1) is 15.6. The Morgan fingerprint density at radius 2 is 2.05 bits per heavy atom. The van der Waals surface area contributed by atoms with E-state index in [2.05, 4.69) is 17.2 Å². The topological polar surface area (TPSA) is 54.1 Å². The third kappa shape index (κ3) is 4.60. The second-order valence-electron chi connectivity index (χ2n) is 5.35. The van der Waals surface area contributed by atoms with Gasteiger partial charge in [-0.25, -0.2) is 0 Å². The summed E-state index contributed by atoms with van der Waals surface area (Å²) in [6, 6.07) is 8.01. The molecular formula is C17H24N2O2. The first-order valence-electron chi connectivity index (χ1n) is 7.66. The quantitative estimate of drug-likeness (QED) is 0.731. The van der Waals surface area contributed by atoms with E-state index in [-0.39, 0.29) is 5.91 Å². The molecule has 0 saturated heterocycles. The van der Waals surface area contributed by atoms with Crippen molar-refractivity contribution in [2.24, 2.45) is 0 Å². The predicted molar refractivity (Wildman–Crippen MR) is 85.7 cm³/mol. The molecule has 1 amide bonds. The Bertz CT molecular complexity index is 589. The number of benzene rings is 1. The molecular weight excluding hydrogens is 264 g/mol. The summed E-state index contributed by atoms with van der Waals surface area (Å²) in [6.45, 7) is 6.33. The molecule has 0 aliphatic rings. The largest absolute Gasteiger partial charge is 0.381 e. The standard InChI is InChI=1S/C17H24N2O2/c1-3-4-9-21-10-5-8-18-17(20)16-12-14-7-6-13(2)11-15(14)19-16/h6-7,11-12,19H,3-5,8-10H2,1-2H3,(H,18,20). The van der Waals surface area contributed by atoms with E-state index in [4.69, 9.17) is 4.74 Å². The number of rotatable bonds is 8. The lowest BCUT2D eigenvalue weighted by molar-refractivity contribution is 0.0936. The van der Waals surface area contributed by atoms with Gasteiger partial charge < -0.3 is 15.0 Å². The van der Waals surface area contributed by atoms with E-state index >= 15 is 0 Å². The molecule has 0 fully saturated rings. The van der Waals surface area contributed by atoms with Crippen molar-refractivity contribution in [1.82, 2.24) is 10.3 Å². The van der Waals surface area contributed by atoms with Crippen LogP contribution in [0.4, 0.5) is 0 Å². The van der Waals surface area contributed by atoms with Gasteiger partial charge in [0.1, 0.15) is 5.69 Å². The lowest BCUT2D eigenvalue weighted by Gasteiger charge is -2.04. The van der Waals surface area contributed by atoms with Gasteiger partial charge in [0, 0.05) is 30.7 Å². The molecule has 0 aliphatic heterocycles. The van der Waals surface area contributed by atoms with Gasteiger partial charge in [0.2, 0.25) is 0 Å². The number of hydrogen-bond donors (Lipinski definition) is 2. The molecule has 1 aromatic carbocycles. The number of carbonyl (C=O) groups is 1. The van der Waals surface area contributed by atoms with Crippen LogP contribution in [0.1, 0.15) is 42.2 Å². The Labute approximate surface area is 125 Å². The van der Waals surface area contributed by atoms with Gasteiger partial charge in [-0.2, -0.15) is 0 Å². The Hall–Kier alpha value is -1.81. The minimum absolute atomic E-state index is 0.0580.